The zero-order valence-electron chi connectivity index (χ0n) is 12.5. The average molecular weight is 296 g/mol. The second kappa shape index (κ2) is 7.17. The molecule has 3 aliphatic rings. The summed E-state index contributed by atoms with van der Waals surface area (Å²) in [5, 5.41) is 3.39. The average Bonchev–Trinajstić information content (AvgIpc) is 3.04. The number of amides is 1. The third kappa shape index (κ3) is 3.33. The van der Waals surface area contributed by atoms with E-state index in [2.05, 4.69) is 10.2 Å². The fourth-order valence-electron chi connectivity index (χ4n) is 4.11. The summed E-state index contributed by atoms with van der Waals surface area (Å²) in [7, 11) is 0. The monoisotopic (exact) mass is 296 g/mol. The second-order valence-electron chi connectivity index (χ2n) is 6.60. The van der Waals surface area contributed by atoms with Gasteiger partial charge in [0.1, 0.15) is 0 Å². The first kappa shape index (κ1) is 14.7. The highest BCUT2D eigenvalue weighted by Crippen LogP contribution is 2.31. The molecule has 114 valence electrons. The molecule has 3 fully saturated rings. The maximum Gasteiger partial charge on any atom is 0.241 e. The van der Waals surface area contributed by atoms with E-state index in [9.17, 15) is 4.79 Å². The number of nitrogens with zero attached hydrogens (tertiary/aromatic N) is 1. The predicted octanol–water partition coefficient (Wildman–Crippen LogP) is 3.14. The number of carbonyl (C=O) groups excluding carboxylic acids is 1. The first-order chi connectivity index (χ1) is 9.86. The van der Waals surface area contributed by atoms with Crippen LogP contribution in [-0.2, 0) is 4.79 Å². The van der Waals surface area contributed by atoms with Crippen LogP contribution in [0.2, 0.25) is 0 Å². The summed E-state index contributed by atoms with van der Waals surface area (Å²) in [4.78, 5) is 15.3. The van der Waals surface area contributed by atoms with E-state index >= 15 is 0 Å². The molecule has 1 heterocycles. The lowest BCUT2D eigenvalue weighted by Crippen LogP contribution is -2.54. The van der Waals surface area contributed by atoms with Gasteiger partial charge in [0.25, 0.3) is 0 Å². The lowest BCUT2D eigenvalue weighted by Gasteiger charge is -2.42. The molecule has 0 aromatic carbocycles. The fraction of sp³-hybridized carbons (Fsp3) is 0.938. The lowest BCUT2D eigenvalue weighted by atomic mass is 9.88. The van der Waals surface area contributed by atoms with E-state index in [1.807, 2.05) is 11.8 Å². The highest BCUT2D eigenvalue weighted by molar-refractivity contribution is 7.99. The Morgan fingerprint density at radius 1 is 0.900 bits per heavy atom. The Bertz CT molecular complexity index is 300. The molecular weight excluding hydrogens is 268 g/mol. The van der Waals surface area contributed by atoms with Crippen molar-refractivity contribution in [1.29, 1.82) is 0 Å². The zero-order valence-corrected chi connectivity index (χ0v) is 13.3. The third-order valence-corrected chi connectivity index (χ3v) is 6.14. The van der Waals surface area contributed by atoms with E-state index in [0.717, 1.165) is 11.6 Å². The molecule has 0 aromatic rings. The Hall–Kier alpha value is -0.220. The Morgan fingerprint density at radius 3 is 1.90 bits per heavy atom. The second-order valence-corrected chi connectivity index (χ2v) is 7.63. The van der Waals surface area contributed by atoms with Gasteiger partial charge in [0, 0.05) is 23.7 Å². The quantitative estimate of drug-likeness (QED) is 0.868. The van der Waals surface area contributed by atoms with E-state index in [1.165, 1.54) is 64.2 Å². The van der Waals surface area contributed by atoms with Crippen LogP contribution in [0.5, 0.6) is 0 Å². The maximum absolute atomic E-state index is 13.0. The van der Waals surface area contributed by atoms with Crippen LogP contribution in [0.4, 0.5) is 0 Å². The lowest BCUT2D eigenvalue weighted by molar-refractivity contribution is -0.139. The molecule has 2 saturated carbocycles. The number of thioether (sulfide) groups is 1. The zero-order chi connectivity index (χ0) is 13.8. The van der Waals surface area contributed by atoms with Crippen molar-refractivity contribution in [2.24, 2.45) is 0 Å². The van der Waals surface area contributed by atoms with Crippen LogP contribution >= 0.6 is 11.8 Å². The van der Waals surface area contributed by atoms with Gasteiger partial charge in [0.2, 0.25) is 5.91 Å². The normalized spacial score (nSPS) is 29.5. The van der Waals surface area contributed by atoms with Crippen LogP contribution in [-0.4, -0.2) is 40.6 Å². The molecule has 0 spiro atoms. The van der Waals surface area contributed by atoms with Crippen LogP contribution in [0.25, 0.3) is 0 Å². The minimum absolute atomic E-state index is 0.0869. The summed E-state index contributed by atoms with van der Waals surface area (Å²) < 4.78 is 0. The van der Waals surface area contributed by atoms with Gasteiger partial charge in [0.05, 0.1) is 6.04 Å². The minimum Gasteiger partial charge on any atom is -0.335 e. The van der Waals surface area contributed by atoms with Crippen LogP contribution in [0.15, 0.2) is 0 Å². The van der Waals surface area contributed by atoms with Gasteiger partial charge in [-0.2, -0.15) is 0 Å². The van der Waals surface area contributed by atoms with Gasteiger partial charge in [-0.05, 0) is 25.7 Å². The van der Waals surface area contributed by atoms with Crippen molar-refractivity contribution in [3.63, 3.8) is 0 Å². The third-order valence-electron chi connectivity index (χ3n) is 5.21. The number of rotatable bonds is 3. The van der Waals surface area contributed by atoms with Crippen molar-refractivity contribution in [3.05, 3.63) is 0 Å². The van der Waals surface area contributed by atoms with E-state index < -0.39 is 0 Å². The van der Waals surface area contributed by atoms with E-state index in [4.69, 9.17) is 0 Å². The molecule has 1 atom stereocenters. The van der Waals surface area contributed by atoms with Crippen molar-refractivity contribution < 1.29 is 4.79 Å². The molecule has 3 rings (SSSR count). The summed E-state index contributed by atoms with van der Waals surface area (Å²) in [5.41, 5.74) is 0. The van der Waals surface area contributed by atoms with E-state index in [-0.39, 0.29) is 6.04 Å². The molecule has 3 nitrogen and oxygen atoms in total. The topological polar surface area (TPSA) is 32.3 Å². The molecule has 1 unspecified atom stereocenters. The SMILES string of the molecule is O=C(C1CSCN1)N(C1CCCCC1)C1CCCCC1. The van der Waals surface area contributed by atoms with Gasteiger partial charge in [-0.15, -0.1) is 11.8 Å². The van der Waals surface area contributed by atoms with Crippen molar-refractivity contribution >= 4 is 17.7 Å². The number of carbonyl (C=O) groups is 1. The van der Waals surface area contributed by atoms with Crippen LogP contribution in [0.1, 0.15) is 64.2 Å². The maximum atomic E-state index is 13.0. The Kier molecular flexibility index (Phi) is 5.27. The van der Waals surface area contributed by atoms with E-state index in [1.54, 1.807) is 0 Å². The molecule has 1 N–H and O–H groups in total. The Morgan fingerprint density at radius 2 is 1.45 bits per heavy atom. The molecule has 20 heavy (non-hydrogen) atoms. The standard InChI is InChI=1S/C16H28N2OS/c19-16(15-11-20-12-17-15)18(13-7-3-1-4-8-13)14-9-5-2-6-10-14/h13-15,17H,1-12H2. The first-order valence-electron chi connectivity index (χ1n) is 8.49. The fourth-order valence-corrected chi connectivity index (χ4v) is 5.04. The molecule has 2 aliphatic carbocycles. The Balaban J connectivity index is 1.72. The molecule has 4 heteroatoms. The molecule has 1 saturated heterocycles. The smallest absolute Gasteiger partial charge is 0.241 e. The number of hydrogen-bond acceptors (Lipinski definition) is 3. The molecule has 1 aliphatic heterocycles. The molecule has 0 bridgehead atoms. The van der Waals surface area contributed by atoms with Crippen LogP contribution in [0, 0.1) is 0 Å². The van der Waals surface area contributed by atoms with Gasteiger partial charge < -0.3 is 4.90 Å². The van der Waals surface area contributed by atoms with Crippen LogP contribution in [0.3, 0.4) is 0 Å². The molecule has 0 radical (unpaired) electrons. The first-order valence-corrected chi connectivity index (χ1v) is 9.65. The number of hydrogen-bond donors (Lipinski definition) is 1. The van der Waals surface area contributed by atoms with Crippen molar-refractivity contribution in [1.82, 2.24) is 10.2 Å². The van der Waals surface area contributed by atoms with Gasteiger partial charge >= 0.3 is 0 Å². The van der Waals surface area contributed by atoms with Gasteiger partial charge in [-0.3, -0.25) is 10.1 Å². The van der Waals surface area contributed by atoms with Gasteiger partial charge in [0.15, 0.2) is 0 Å². The van der Waals surface area contributed by atoms with Crippen molar-refractivity contribution in [2.45, 2.75) is 82.3 Å². The van der Waals surface area contributed by atoms with E-state index in [0.29, 0.717) is 18.0 Å². The summed E-state index contributed by atoms with van der Waals surface area (Å²) >= 11 is 1.86. The van der Waals surface area contributed by atoms with Gasteiger partial charge in [-0.25, -0.2) is 0 Å². The summed E-state index contributed by atoms with van der Waals surface area (Å²) in [6.07, 6.45) is 12.9. The molecule has 0 aromatic heterocycles. The molecular formula is C16H28N2OS. The minimum atomic E-state index is 0.0869. The van der Waals surface area contributed by atoms with Crippen molar-refractivity contribution in [2.75, 3.05) is 11.6 Å². The summed E-state index contributed by atoms with van der Waals surface area (Å²) in [6, 6.07) is 1.15. The summed E-state index contributed by atoms with van der Waals surface area (Å²) in [5.74, 6) is 2.32. The largest absolute Gasteiger partial charge is 0.335 e. The Labute approximate surface area is 127 Å². The highest BCUT2D eigenvalue weighted by atomic mass is 32.2. The molecule has 1 amide bonds. The highest BCUT2D eigenvalue weighted by Gasteiger charge is 2.36. The van der Waals surface area contributed by atoms with Crippen molar-refractivity contribution in [3.8, 4) is 0 Å². The summed E-state index contributed by atoms with van der Waals surface area (Å²) in [6.45, 7) is 0. The van der Waals surface area contributed by atoms with Crippen LogP contribution < -0.4 is 5.32 Å². The predicted molar refractivity (Wildman–Crippen MR) is 84.8 cm³/mol. The number of nitrogens with one attached hydrogen (secondary N) is 1. The van der Waals surface area contributed by atoms with Gasteiger partial charge in [-0.1, -0.05) is 38.5 Å².